The van der Waals surface area contributed by atoms with Crippen LogP contribution in [0, 0.1) is 0 Å². The minimum absolute atomic E-state index is 0.556. The van der Waals surface area contributed by atoms with Gasteiger partial charge in [-0.3, -0.25) is 0 Å². The molecule has 2 rings (SSSR count). The van der Waals surface area contributed by atoms with E-state index >= 15 is 0 Å². The van der Waals surface area contributed by atoms with E-state index in [0.717, 1.165) is 5.69 Å². The number of methoxy groups -OCH3 is 1. The molecule has 72 valence electrons. The summed E-state index contributed by atoms with van der Waals surface area (Å²) in [4.78, 5) is 0. The predicted molar refractivity (Wildman–Crippen MR) is 50.1 cm³/mol. The zero-order valence-corrected chi connectivity index (χ0v) is 7.58. The molecule has 6 nitrogen and oxygen atoms in total. The first-order valence-electron chi connectivity index (χ1n) is 3.98. The molecule has 0 fully saturated rings. The third-order valence-corrected chi connectivity index (χ3v) is 1.83. The molecule has 0 aliphatic carbocycles. The summed E-state index contributed by atoms with van der Waals surface area (Å²) < 4.78 is 6.56. The summed E-state index contributed by atoms with van der Waals surface area (Å²) in [6.07, 6.45) is 1.50. The maximum absolute atomic E-state index is 5.73. The van der Waals surface area contributed by atoms with E-state index in [-0.39, 0.29) is 0 Å². The van der Waals surface area contributed by atoms with Crippen molar-refractivity contribution >= 4 is 5.69 Å². The van der Waals surface area contributed by atoms with E-state index in [2.05, 4.69) is 15.5 Å². The number of anilines is 1. The summed E-state index contributed by atoms with van der Waals surface area (Å²) in [5.74, 6) is 0.641. The monoisotopic (exact) mass is 191 g/mol. The molecule has 0 saturated carbocycles. The smallest absolute Gasteiger partial charge is 0.143 e. The van der Waals surface area contributed by atoms with Crippen LogP contribution in [0.1, 0.15) is 0 Å². The normalized spacial score (nSPS) is 10.1. The van der Waals surface area contributed by atoms with Crippen molar-refractivity contribution in [2.24, 2.45) is 0 Å². The van der Waals surface area contributed by atoms with Gasteiger partial charge in [-0.1, -0.05) is 0 Å². The SMILES string of the molecule is COc1ccc(-n2cnnn2)cc1N. The second-order valence-corrected chi connectivity index (χ2v) is 2.68. The summed E-state index contributed by atoms with van der Waals surface area (Å²) in [7, 11) is 1.57. The highest BCUT2D eigenvalue weighted by atomic mass is 16.5. The zero-order chi connectivity index (χ0) is 9.97. The molecular formula is C8H9N5O. The van der Waals surface area contributed by atoms with Crippen LogP contribution in [0.2, 0.25) is 0 Å². The van der Waals surface area contributed by atoms with Gasteiger partial charge in [-0.05, 0) is 28.6 Å². The molecule has 14 heavy (non-hydrogen) atoms. The van der Waals surface area contributed by atoms with Crippen LogP contribution in [-0.4, -0.2) is 27.3 Å². The Bertz CT molecular complexity index is 425. The number of nitrogen functional groups attached to an aromatic ring is 1. The van der Waals surface area contributed by atoms with Gasteiger partial charge in [-0.15, -0.1) is 5.10 Å². The first kappa shape index (κ1) is 8.49. The van der Waals surface area contributed by atoms with E-state index in [4.69, 9.17) is 10.5 Å². The fraction of sp³-hybridized carbons (Fsp3) is 0.125. The maximum Gasteiger partial charge on any atom is 0.143 e. The molecule has 2 aromatic rings. The van der Waals surface area contributed by atoms with E-state index in [1.807, 2.05) is 6.07 Å². The first-order chi connectivity index (χ1) is 6.81. The Hall–Kier alpha value is -2.11. The molecule has 1 heterocycles. The number of hydrogen-bond acceptors (Lipinski definition) is 5. The third kappa shape index (κ3) is 1.37. The van der Waals surface area contributed by atoms with Crippen LogP contribution >= 0.6 is 0 Å². The standard InChI is InChI=1S/C8H9N5O/c1-14-8-3-2-6(4-7(8)9)13-5-10-11-12-13/h2-5H,9H2,1H3. The van der Waals surface area contributed by atoms with Crippen molar-refractivity contribution in [3.8, 4) is 11.4 Å². The van der Waals surface area contributed by atoms with Gasteiger partial charge in [-0.25, -0.2) is 4.68 Å². The number of hydrogen-bond donors (Lipinski definition) is 1. The van der Waals surface area contributed by atoms with Crippen LogP contribution in [0.3, 0.4) is 0 Å². The first-order valence-corrected chi connectivity index (χ1v) is 3.98. The average Bonchev–Trinajstić information content (AvgIpc) is 2.70. The summed E-state index contributed by atoms with van der Waals surface area (Å²) in [5.41, 5.74) is 7.09. The lowest BCUT2D eigenvalue weighted by atomic mass is 10.2. The molecule has 0 amide bonds. The summed E-state index contributed by atoms with van der Waals surface area (Å²) >= 11 is 0. The lowest BCUT2D eigenvalue weighted by molar-refractivity contribution is 0.417. The topological polar surface area (TPSA) is 78.8 Å². The highest BCUT2D eigenvalue weighted by Crippen LogP contribution is 2.22. The Balaban J connectivity index is 2.43. The van der Waals surface area contributed by atoms with Crippen molar-refractivity contribution in [2.75, 3.05) is 12.8 Å². The fourth-order valence-electron chi connectivity index (χ4n) is 1.14. The third-order valence-electron chi connectivity index (χ3n) is 1.83. The molecule has 0 aliphatic rings. The molecular weight excluding hydrogens is 182 g/mol. The van der Waals surface area contributed by atoms with Crippen LogP contribution in [0.15, 0.2) is 24.5 Å². The Morgan fingerprint density at radius 1 is 1.43 bits per heavy atom. The lowest BCUT2D eigenvalue weighted by Crippen LogP contribution is -1.98. The Kier molecular flexibility index (Phi) is 2.02. The zero-order valence-electron chi connectivity index (χ0n) is 7.58. The minimum Gasteiger partial charge on any atom is -0.495 e. The fourth-order valence-corrected chi connectivity index (χ4v) is 1.14. The molecule has 1 aromatic carbocycles. The number of rotatable bonds is 2. The van der Waals surface area contributed by atoms with Gasteiger partial charge >= 0.3 is 0 Å². The number of aromatic nitrogens is 4. The average molecular weight is 191 g/mol. The summed E-state index contributed by atoms with van der Waals surface area (Å²) in [6.45, 7) is 0. The van der Waals surface area contributed by atoms with Crippen LogP contribution in [0.5, 0.6) is 5.75 Å². The van der Waals surface area contributed by atoms with Gasteiger partial charge in [0.05, 0.1) is 18.5 Å². The highest BCUT2D eigenvalue weighted by Gasteiger charge is 2.02. The van der Waals surface area contributed by atoms with Crippen LogP contribution in [-0.2, 0) is 0 Å². The molecule has 0 atom stereocenters. The van der Waals surface area contributed by atoms with Crippen LogP contribution in [0.25, 0.3) is 5.69 Å². The van der Waals surface area contributed by atoms with E-state index in [1.165, 1.54) is 11.0 Å². The number of ether oxygens (including phenoxy) is 1. The van der Waals surface area contributed by atoms with Crippen molar-refractivity contribution in [2.45, 2.75) is 0 Å². The van der Waals surface area contributed by atoms with Gasteiger partial charge in [0.2, 0.25) is 0 Å². The Morgan fingerprint density at radius 2 is 2.29 bits per heavy atom. The lowest BCUT2D eigenvalue weighted by Gasteiger charge is -2.05. The molecule has 6 heteroatoms. The van der Waals surface area contributed by atoms with E-state index in [9.17, 15) is 0 Å². The number of nitrogens with zero attached hydrogens (tertiary/aromatic N) is 4. The molecule has 0 bridgehead atoms. The molecule has 0 spiro atoms. The minimum atomic E-state index is 0.556. The van der Waals surface area contributed by atoms with E-state index < -0.39 is 0 Å². The summed E-state index contributed by atoms with van der Waals surface area (Å²) in [6, 6.07) is 5.34. The van der Waals surface area contributed by atoms with E-state index in [0.29, 0.717) is 11.4 Å². The second-order valence-electron chi connectivity index (χ2n) is 2.68. The number of tetrazole rings is 1. The van der Waals surface area contributed by atoms with Gasteiger partial charge in [0.1, 0.15) is 12.1 Å². The molecule has 0 saturated heterocycles. The van der Waals surface area contributed by atoms with Crippen molar-refractivity contribution < 1.29 is 4.74 Å². The molecule has 0 aliphatic heterocycles. The molecule has 1 aromatic heterocycles. The predicted octanol–water partition coefficient (Wildman–Crippen LogP) is 0.253. The maximum atomic E-state index is 5.73. The molecule has 0 unspecified atom stereocenters. The second kappa shape index (κ2) is 3.33. The van der Waals surface area contributed by atoms with Gasteiger partial charge < -0.3 is 10.5 Å². The van der Waals surface area contributed by atoms with Crippen LogP contribution in [0.4, 0.5) is 5.69 Å². The van der Waals surface area contributed by atoms with Gasteiger partial charge in [0.25, 0.3) is 0 Å². The summed E-state index contributed by atoms with van der Waals surface area (Å²) in [5, 5.41) is 10.8. The largest absolute Gasteiger partial charge is 0.495 e. The highest BCUT2D eigenvalue weighted by molar-refractivity contribution is 5.57. The quantitative estimate of drug-likeness (QED) is 0.688. The molecule has 0 radical (unpaired) electrons. The van der Waals surface area contributed by atoms with Gasteiger partial charge in [0.15, 0.2) is 0 Å². The van der Waals surface area contributed by atoms with Crippen molar-refractivity contribution in [1.82, 2.24) is 20.2 Å². The van der Waals surface area contributed by atoms with Gasteiger partial charge in [0, 0.05) is 0 Å². The van der Waals surface area contributed by atoms with Crippen molar-refractivity contribution in [3.63, 3.8) is 0 Å². The van der Waals surface area contributed by atoms with Crippen LogP contribution < -0.4 is 10.5 Å². The van der Waals surface area contributed by atoms with E-state index in [1.54, 1.807) is 19.2 Å². The number of benzene rings is 1. The molecule has 2 N–H and O–H groups in total. The van der Waals surface area contributed by atoms with Crippen molar-refractivity contribution in [1.29, 1.82) is 0 Å². The number of nitrogens with two attached hydrogens (primary N) is 1. The Labute approximate surface area is 80.3 Å². The van der Waals surface area contributed by atoms with Crippen molar-refractivity contribution in [3.05, 3.63) is 24.5 Å². The Morgan fingerprint density at radius 3 is 2.86 bits per heavy atom. The van der Waals surface area contributed by atoms with Gasteiger partial charge in [-0.2, -0.15) is 0 Å².